The van der Waals surface area contributed by atoms with Gasteiger partial charge in [0.05, 0.1) is 24.9 Å². The van der Waals surface area contributed by atoms with Crippen LogP contribution in [0.5, 0.6) is 0 Å². The molecule has 114 valence electrons. The van der Waals surface area contributed by atoms with Crippen molar-refractivity contribution in [2.24, 2.45) is 0 Å². The van der Waals surface area contributed by atoms with Crippen LogP contribution in [-0.4, -0.2) is 46.2 Å². The number of hydrogen-bond acceptors (Lipinski definition) is 4. The molecule has 0 aliphatic carbocycles. The molecule has 1 fully saturated rings. The number of aromatic nitrogens is 4. The molecule has 1 aliphatic rings. The molecule has 0 spiro atoms. The van der Waals surface area contributed by atoms with Crippen molar-refractivity contribution in [3.63, 3.8) is 0 Å². The predicted octanol–water partition coefficient (Wildman–Crippen LogP) is 2.04. The molecule has 0 unspecified atom stereocenters. The van der Waals surface area contributed by atoms with Crippen molar-refractivity contribution in [2.45, 2.75) is 19.1 Å². The summed E-state index contributed by atoms with van der Waals surface area (Å²) in [5, 5.41) is 12.3. The smallest absolute Gasteiger partial charge is 0.377 e. The van der Waals surface area contributed by atoms with Crippen molar-refractivity contribution >= 4 is 5.82 Å². The summed E-state index contributed by atoms with van der Waals surface area (Å²) in [6, 6.07) is 1.73. The van der Waals surface area contributed by atoms with Gasteiger partial charge in [0.1, 0.15) is 0 Å². The van der Waals surface area contributed by atoms with Gasteiger partial charge in [0, 0.05) is 24.4 Å². The molecule has 0 bridgehead atoms. The molecule has 2 N–H and O–H groups in total. The van der Waals surface area contributed by atoms with E-state index < -0.39 is 11.9 Å². The second-order valence-electron chi connectivity index (χ2n) is 4.90. The number of nitrogens with one attached hydrogen (secondary N) is 2. The van der Waals surface area contributed by atoms with Crippen LogP contribution in [-0.2, 0) is 10.9 Å². The number of halogens is 3. The lowest BCUT2D eigenvalue weighted by molar-refractivity contribution is -0.140. The van der Waals surface area contributed by atoms with Gasteiger partial charge in [0.25, 0.3) is 0 Å². The zero-order valence-electron chi connectivity index (χ0n) is 11.2. The molecule has 0 amide bonds. The second-order valence-corrected chi connectivity index (χ2v) is 4.90. The summed E-state index contributed by atoms with van der Waals surface area (Å²) in [6.07, 6.45) is -3.30. The number of morpholine rings is 1. The fraction of sp³-hybridized carbons (Fsp3) is 0.500. The topological polar surface area (TPSA) is 69.8 Å². The van der Waals surface area contributed by atoms with Crippen molar-refractivity contribution in [2.75, 3.05) is 24.7 Å². The maximum atomic E-state index is 12.8. The van der Waals surface area contributed by atoms with Gasteiger partial charge in [-0.3, -0.25) is 10.2 Å². The fourth-order valence-corrected chi connectivity index (χ4v) is 2.38. The first kappa shape index (κ1) is 13.9. The van der Waals surface area contributed by atoms with Gasteiger partial charge < -0.3 is 9.64 Å². The van der Waals surface area contributed by atoms with Gasteiger partial charge in [0.2, 0.25) is 0 Å². The van der Waals surface area contributed by atoms with Gasteiger partial charge in [-0.1, -0.05) is 0 Å². The minimum atomic E-state index is -4.51. The Kier molecular flexibility index (Phi) is 3.36. The van der Waals surface area contributed by atoms with Crippen LogP contribution in [0.2, 0.25) is 0 Å². The third-order valence-corrected chi connectivity index (χ3v) is 3.43. The Balaban J connectivity index is 1.90. The van der Waals surface area contributed by atoms with Crippen LogP contribution in [0.3, 0.4) is 0 Å². The normalized spacial score (nSPS) is 20.0. The maximum absolute atomic E-state index is 12.8. The van der Waals surface area contributed by atoms with Crippen LogP contribution in [0.25, 0.3) is 11.3 Å². The molecule has 3 rings (SSSR count). The molecule has 21 heavy (non-hydrogen) atoms. The summed E-state index contributed by atoms with van der Waals surface area (Å²) in [5.41, 5.74) is -0.709. The highest BCUT2D eigenvalue weighted by Crippen LogP contribution is 2.35. The Morgan fingerprint density at radius 2 is 2.19 bits per heavy atom. The number of rotatable bonds is 2. The highest BCUT2D eigenvalue weighted by Gasteiger charge is 2.37. The van der Waals surface area contributed by atoms with Crippen molar-refractivity contribution in [1.29, 1.82) is 0 Å². The van der Waals surface area contributed by atoms with E-state index in [-0.39, 0.29) is 17.3 Å². The monoisotopic (exact) mass is 301 g/mol. The number of aromatic amines is 2. The van der Waals surface area contributed by atoms with Crippen LogP contribution >= 0.6 is 0 Å². The average molecular weight is 301 g/mol. The number of hydrogen-bond donors (Lipinski definition) is 2. The van der Waals surface area contributed by atoms with Gasteiger partial charge in [0.15, 0.2) is 11.5 Å². The summed E-state index contributed by atoms with van der Waals surface area (Å²) in [7, 11) is 0. The summed E-state index contributed by atoms with van der Waals surface area (Å²) in [4.78, 5) is 2.00. The molecule has 1 saturated heterocycles. The zero-order chi connectivity index (χ0) is 15.0. The highest BCUT2D eigenvalue weighted by molar-refractivity contribution is 5.65. The predicted molar refractivity (Wildman–Crippen MR) is 68.8 cm³/mol. The molecule has 2 aromatic heterocycles. The molecule has 9 heteroatoms. The molecular weight excluding hydrogens is 287 g/mol. The molecule has 0 saturated carbocycles. The van der Waals surface area contributed by atoms with Crippen LogP contribution < -0.4 is 4.90 Å². The van der Waals surface area contributed by atoms with E-state index in [4.69, 9.17) is 4.74 Å². The second kappa shape index (κ2) is 5.06. The molecule has 1 atom stereocenters. The lowest BCUT2D eigenvalue weighted by Gasteiger charge is -2.33. The summed E-state index contributed by atoms with van der Waals surface area (Å²) in [6.45, 7) is 3.78. The quantitative estimate of drug-likeness (QED) is 0.890. The Morgan fingerprint density at radius 1 is 1.38 bits per heavy atom. The largest absolute Gasteiger partial charge is 0.435 e. The SMILES string of the molecule is C[C@H]1COCCN1c1cc(-c2c[nH]nc2C(F)(F)F)[nH]n1. The number of H-pyrrole nitrogens is 2. The fourth-order valence-electron chi connectivity index (χ4n) is 2.38. The van der Waals surface area contributed by atoms with Crippen molar-refractivity contribution < 1.29 is 17.9 Å². The lowest BCUT2D eigenvalue weighted by atomic mass is 10.1. The minimum absolute atomic E-state index is 0.0397. The molecule has 0 aromatic carbocycles. The van der Waals surface area contributed by atoms with Gasteiger partial charge >= 0.3 is 6.18 Å². The van der Waals surface area contributed by atoms with E-state index in [2.05, 4.69) is 20.4 Å². The van der Waals surface area contributed by atoms with Gasteiger partial charge in [-0.2, -0.15) is 23.4 Å². The standard InChI is InChI=1S/C12H14F3N5O/c1-7-6-21-3-2-20(7)10-4-9(17-18-10)8-5-16-19-11(8)12(13,14)15/h4-5,7H,2-3,6H2,1H3,(H,16,19)(H,17,18)/t7-/m0/s1. The van der Waals surface area contributed by atoms with E-state index in [1.165, 1.54) is 6.20 Å². The first-order valence-electron chi connectivity index (χ1n) is 6.48. The van der Waals surface area contributed by atoms with Crippen LogP contribution in [0.1, 0.15) is 12.6 Å². The Labute approximate surface area is 118 Å². The van der Waals surface area contributed by atoms with E-state index in [1.807, 2.05) is 11.8 Å². The Hall–Kier alpha value is -2.03. The van der Waals surface area contributed by atoms with Gasteiger partial charge in [-0.15, -0.1) is 0 Å². The lowest BCUT2D eigenvalue weighted by Crippen LogP contribution is -2.43. The van der Waals surface area contributed by atoms with Gasteiger partial charge in [-0.25, -0.2) is 0 Å². The van der Waals surface area contributed by atoms with E-state index in [0.717, 1.165) is 0 Å². The van der Waals surface area contributed by atoms with Crippen molar-refractivity contribution in [3.05, 3.63) is 18.0 Å². The third kappa shape index (κ3) is 2.60. The number of ether oxygens (including phenoxy) is 1. The molecule has 3 heterocycles. The average Bonchev–Trinajstić information content (AvgIpc) is 3.07. The number of anilines is 1. The highest BCUT2D eigenvalue weighted by atomic mass is 19.4. The van der Waals surface area contributed by atoms with E-state index in [0.29, 0.717) is 25.6 Å². The van der Waals surface area contributed by atoms with E-state index in [9.17, 15) is 13.2 Å². The zero-order valence-corrected chi connectivity index (χ0v) is 11.2. The van der Waals surface area contributed by atoms with E-state index >= 15 is 0 Å². The van der Waals surface area contributed by atoms with Crippen molar-refractivity contribution in [1.82, 2.24) is 20.4 Å². The van der Waals surface area contributed by atoms with Crippen molar-refractivity contribution in [3.8, 4) is 11.3 Å². The number of alkyl halides is 3. The maximum Gasteiger partial charge on any atom is 0.435 e. The molecule has 6 nitrogen and oxygen atoms in total. The third-order valence-electron chi connectivity index (χ3n) is 3.43. The molecule has 1 aliphatic heterocycles. The Bertz CT molecular complexity index is 620. The summed E-state index contributed by atoms with van der Waals surface area (Å²) < 4.78 is 43.9. The first-order chi connectivity index (χ1) is 9.97. The molecule has 0 radical (unpaired) electrons. The van der Waals surface area contributed by atoms with Gasteiger partial charge in [-0.05, 0) is 6.92 Å². The van der Waals surface area contributed by atoms with Crippen LogP contribution in [0, 0.1) is 0 Å². The molecular formula is C12H14F3N5O. The minimum Gasteiger partial charge on any atom is -0.377 e. The van der Waals surface area contributed by atoms with E-state index in [1.54, 1.807) is 6.07 Å². The molecule has 2 aromatic rings. The van der Waals surface area contributed by atoms with Crippen LogP contribution in [0.4, 0.5) is 19.0 Å². The summed E-state index contributed by atoms with van der Waals surface area (Å²) >= 11 is 0. The Morgan fingerprint density at radius 3 is 2.90 bits per heavy atom. The summed E-state index contributed by atoms with van der Waals surface area (Å²) in [5.74, 6) is 0.607. The first-order valence-corrected chi connectivity index (χ1v) is 6.48. The number of nitrogens with zero attached hydrogens (tertiary/aromatic N) is 3. The van der Waals surface area contributed by atoms with Crippen LogP contribution in [0.15, 0.2) is 12.3 Å².